The van der Waals surface area contributed by atoms with Gasteiger partial charge in [-0.1, -0.05) is 11.8 Å². The summed E-state index contributed by atoms with van der Waals surface area (Å²) in [4.78, 5) is 4.09. The van der Waals surface area contributed by atoms with Gasteiger partial charge in [0.05, 0.1) is 0 Å². The van der Waals surface area contributed by atoms with E-state index >= 15 is 0 Å². The highest BCUT2D eigenvalue weighted by Crippen LogP contribution is 2.08. The number of amidine groups is 1. The van der Waals surface area contributed by atoms with Gasteiger partial charge in [-0.3, -0.25) is 4.99 Å². The largest absolute Gasteiger partial charge is 0.303 e. The second kappa shape index (κ2) is 2.94. The second-order valence-corrected chi connectivity index (χ2v) is 2.62. The minimum absolute atomic E-state index is 0.872. The Morgan fingerprint density at radius 2 is 2.62 bits per heavy atom. The van der Waals surface area contributed by atoms with Crippen molar-refractivity contribution < 1.29 is 0 Å². The molecule has 8 heavy (non-hydrogen) atoms. The Bertz CT molecular complexity index is 101. The predicted molar refractivity (Wildman–Crippen MR) is 36.7 cm³/mol. The van der Waals surface area contributed by atoms with Gasteiger partial charge in [0, 0.05) is 12.3 Å². The Morgan fingerprint density at radius 3 is 3.00 bits per heavy atom. The zero-order valence-electron chi connectivity index (χ0n) is 4.55. The van der Waals surface area contributed by atoms with Gasteiger partial charge in [0.2, 0.25) is 0 Å². The van der Waals surface area contributed by atoms with Crippen molar-refractivity contribution in [3.63, 3.8) is 0 Å². The molecule has 0 fully saturated rings. The van der Waals surface area contributed by atoms with Crippen LogP contribution in [0, 0.1) is 0 Å². The molecule has 0 spiro atoms. The standard InChI is InChI=1S/C4H9N3S/c5-7-4-6-2-1-3-8-4/h1-3,5H2,(H,6,7). The molecule has 0 saturated heterocycles. The molecule has 1 rings (SSSR count). The molecule has 0 aromatic heterocycles. The first kappa shape index (κ1) is 5.91. The van der Waals surface area contributed by atoms with Crippen LogP contribution >= 0.6 is 11.8 Å². The summed E-state index contributed by atoms with van der Waals surface area (Å²) in [6.07, 6.45) is 1.18. The molecule has 1 aliphatic heterocycles. The monoisotopic (exact) mass is 131 g/mol. The van der Waals surface area contributed by atoms with Gasteiger partial charge in [0.1, 0.15) is 0 Å². The fraction of sp³-hybridized carbons (Fsp3) is 0.750. The maximum Gasteiger partial charge on any atom is 0.170 e. The quantitative estimate of drug-likeness (QED) is 0.358. The predicted octanol–water partition coefficient (Wildman–Crippen LogP) is -0.0574. The fourth-order valence-electron chi connectivity index (χ4n) is 0.547. The number of rotatable bonds is 0. The molecular formula is C4H9N3S. The average molecular weight is 131 g/mol. The Morgan fingerprint density at radius 1 is 1.75 bits per heavy atom. The van der Waals surface area contributed by atoms with Gasteiger partial charge >= 0.3 is 0 Å². The molecule has 0 saturated carbocycles. The minimum atomic E-state index is 0.872. The van der Waals surface area contributed by atoms with Crippen molar-refractivity contribution in [1.29, 1.82) is 0 Å². The Labute approximate surface area is 52.7 Å². The summed E-state index contributed by atoms with van der Waals surface area (Å²) in [5.74, 6) is 6.24. The third-order valence-corrected chi connectivity index (χ3v) is 1.93. The van der Waals surface area contributed by atoms with E-state index in [4.69, 9.17) is 5.84 Å². The lowest BCUT2D eigenvalue weighted by atomic mass is 10.5. The van der Waals surface area contributed by atoms with Crippen molar-refractivity contribution in [3.05, 3.63) is 0 Å². The lowest BCUT2D eigenvalue weighted by Crippen LogP contribution is -2.29. The molecule has 3 nitrogen and oxygen atoms in total. The number of nitrogens with zero attached hydrogens (tertiary/aromatic N) is 1. The second-order valence-electron chi connectivity index (χ2n) is 1.53. The maximum atomic E-state index is 5.10. The van der Waals surface area contributed by atoms with Crippen molar-refractivity contribution >= 4 is 16.9 Å². The molecule has 0 amide bonds. The van der Waals surface area contributed by atoms with E-state index < -0.39 is 0 Å². The average Bonchev–Trinajstić information content (AvgIpc) is 1.90. The number of nitrogens with one attached hydrogen (secondary N) is 1. The van der Waals surface area contributed by atoms with Crippen molar-refractivity contribution in [2.75, 3.05) is 12.3 Å². The summed E-state index contributed by atoms with van der Waals surface area (Å²) in [5.41, 5.74) is 2.52. The molecule has 0 aliphatic carbocycles. The first-order chi connectivity index (χ1) is 3.93. The molecule has 1 aliphatic rings. The Hall–Kier alpha value is -0.220. The fourth-order valence-corrected chi connectivity index (χ4v) is 1.28. The van der Waals surface area contributed by atoms with E-state index in [1.165, 1.54) is 6.42 Å². The molecule has 1 heterocycles. The number of hydrogen-bond donors (Lipinski definition) is 2. The van der Waals surface area contributed by atoms with Crippen LogP contribution in [0.25, 0.3) is 0 Å². The maximum absolute atomic E-state index is 5.10. The molecule has 0 radical (unpaired) electrons. The number of hydrogen-bond acceptors (Lipinski definition) is 4. The minimum Gasteiger partial charge on any atom is -0.303 e. The van der Waals surface area contributed by atoms with Crippen LogP contribution in [-0.4, -0.2) is 17.5 Å². The smallest absolute Gasteiger partial charge is 0.170 e. The van der Waals surface area contributed by atoms with Crippen LogP contribution in [0.1, 0.15) is 6.42 Å². The third-order valence-electron chi connectivity index (χ3n) is 0.920. The number of thioether (sulfide) groups is 1. The molecule has 0 aromatic carbocycles. The summed E-state index contributed by atoms with van der Waals surface area (Å²) < 4.78 is 0. The lowest BCUT2D eigenvalue weighted by Gasteiger charge is -2.08. The molecule has 0 unspecified atom stereocenters. The highest BCUT2D eigenvalue weighted by molar-refractivity contribution is 8.13. The zero-order chi connectivity index (χ0) is 5.82. The first-order valence-corrected chi connectivity index (χ1v) is 3.56. The van der Waals surface area contributed by atoms with Gasteiger partial charge in [0.25, 0.3) is 0 Å². The highest BCUT2D eigenvalue weighted by Gasteiger charge is 2.01. The lowest BCUT2D eigenvalue weighted by molar-refractivity contribution is 0.912. The van der Waals surface area contributed by atoms with Crippen molar-refractivity contribution in [2.45, 2.75) is 6.42 Å². The van der Waals surface area contributed by atoms with E-state index in [-0.39, 0.29) is 0 Å². The van der Waals surface area contributed by atoms with Gasteiger partial charge in [0.15, 0.2) is 5.17 Å². The van der Waals surface area contributed by atoms with Crippen molar-refractivity contribution in [1.82, 2.24) is 5.43 Å². The normalized spacial score (nSPS) is 19.9. The van der Waals surface area contributed by atoms with Crippen LogP contribution in [0.5, 0.6) is 0 Å². The molecule has 0 aromatic rings. The summed E-state index contributed by atoms with van der Waals surface area (Å²) in [6, 6.07) is 0. The van der Waals surface area contributed by atoms with Crippen LogP contribution in [0.3, 0.4) is 0 Å². The van der Waals surface area contributed by atoms with E-state index in [0.717, 1.165) is 17.5 Å². The molecule has 46 valence electrons. The SMILES string of the molecule is NNC1=NCCCS1. The van der Waals surface area contributed by atoms with E-state index in [0.29, 0.717) is 0 Å². The van der Waals surface area contributed by atoms with Crippen LogP contribution in [-0.2, 0) is 0 Å². The van der Waals surface area contributed by atoms with E-state index in [2.05, 4.69) is 10.4 Å². The summed E-state index contributed by atoms with van der Waals surface area (Å²) in [5, 5.41) is 0.872. The van der Waals surface area contributed by atoms with Gasteiger partial charge in [-0.15, -0.1) is 0 Å². The summed E-state index contributed by atoms with van der Waals surface area (Å²) in [6.45, 7) is 0.923. The topological polar surface area (TPSA) is 50.4 Å². The van der Waals surface area contributed by atoms with E-state index in [1.54, 1.807) is 11.8 Å². The molecular weight excluding hydrogens is 122 g/mol. The summed E-state index contributed by atoms with van der Waals surface area (Å²) in [7, 11) is 0. The van der Waals surface area contributed by atoms with Crippen LogP contribution in [0.15, 0.2) is 4.99 Å². The van der Waals surface area contributed by atoms with E-state index in [9.17, 15) is 0 Å². The van der Waals surface area contributed by atoms with Gasteiger partial charge in [-0.05, 0) is 6.42 Å². The molecule has 0 atom stereocenters. The van der Waals surface area contributed by atoms with Crippen LogP contribution < -0.4 is 11.3 Å². The van der Waals surface area contributed by atoms with Gasteiger partial charge in [-0.25, -0.2) is 5.84 Å². The van der Waals surface area contributed by atoms with Crippen LogP contribution in [0.4, 0.5) is 0 Å². The number of aliphatic imine (C=N–C) groups is 1. The van der Waals surface area contributed by atoms with Gasteiger partial charge < -0.3 is 5.43 Å². The first-order valence-electron chi connectivity index (χ1n) is 2.57. The molecule has 3 N–H and O–H groups in total. The highest BCUT2D eigenvalue weighted by atomic mass is 32.2. The Kier molecular flexibility index (Phi) is 2.17. The summed E-state index contributed by atoms with van der Waals surface area (Å²) >= 11 is 1.68. The van der Waals surface area contributed by atoms with Gasteiger partial charge in [-0.2, -0.15) is 0 Å². The third kappa shape index (κ3) is 1.38. The number of hydrazine groups is 1. The number of nitrogens with two attached hydrogens (primary N) is 1. The Balaban J connectivity index is 2.37. The molecule has 0 bridgehead atoms. The van der Waals surface area contributed by atoms with Crippen LogP contribution in [0.2, 0.25) is 0 Å². The van der Waals surface area contributed by atoms with E-state index in [1.807, 2.05) is 0 Å². The van der Waals surface area contributed by atoms with Crippen molar-refractivity contribution in [2.24, 2.45) is 10.8 Å². The molecule has 4 heteroatoms. The van der Waals surface area contributed by atoms with Crippen molar-refractivity contribution in [3.8, 4) is 0 Å². The zero-order valence-corrected chi connectivity index (χ0v) is 5.37.